The number of nitrogens with zero attached hydrogens (tertiary/aromatic N) is 3. The Bertz CT molecular complexity index is 1200. The molecule has 1 saturated carbocycles. The molecule has 36 heavy (non-hydrogen) atoms. The maximum atomic E-state index is 13.8. The highest BCUT2D eigenvalue weighted by atomic mass is 19.3. The molecule has 1 unspecified atom stereocenters. The van der Waals surface area contributed by atoms with E-state index in [0.717, 1.165) is 22.5 Å². The summed E-state index contributed by atoms with van der Waals surface area (Å²) in [7, 11) is 0. The van der Waals surface area contributed by atoms with Crippen LogP contribution in [0, 0.1) is 19.8 Å². The molecule has 0 bridgehead atoms. The van der Waals surface area contributed by atoms with Gasteiger partial charge in [0.2, 0.25) is 11.8 Å². The topological polar surface area (TPSA) is 105 Å². The first-order valence-electron chi connectivity index (χ1n) is 12.2. The lowest BCUT2D eigenvalue weighted by molar-refractivity contribution is -0.121. The Balaban J connectivity index is 1.53. The molecule has 0 spiro atoms. The number of aryl methyl sites for hydroxylation is 2. The maximum Gasteiger partial charge on any atom is 0.270 e. The Labute approximate surface area is 208 Å². The highest BCUT2D eigenvalue weighted by molar-refractivity contribution is 6.00. The van der Waals surface area contributed by atoms with Gasteiger partial charge in [0, 0.05) is 42.0 Å². The fourth-order valence-corrected chi connectivity index (χ4v) is 4.83. The molecule has 1 fully saturated rings. The van der Waals surface area contributed by atoms with Crippen LogP contribution in [0.5, 0.6) is 0 Å². The van der Waals surface area contributed by atoms with Crippen molar-refractivity contribution in [2.45, 2.75) is 71.4 Å². The van der Waals surface area contributed by atoms with Gasteiger partial charge in [-0.25, -0.2) is 8.78 Å². The molecule has 0 aliphatic heterocycles. The van der Waals surface area contributed by atoms with E-state index in [2.05, 4.69) is 25.9 Å². The number of carbonyl (C=O) groups is 2. The standard InChI is InChI=1S/C26H32F2N6O2/c1-15(2)34-21(11-14-29-34)24(35)31-23(19-9-12-26(27,28)13-10-19)25(36)30-20-7-5-18(6-8-20)22-16(3)32-33-17(22)4/h5-8,11,14-15,19,23H,9-10,12-13H2,1-4H3,(H,30,36)(H,31,35)(H,32,33). The van der Waals surface area contributed by atoms with Crippen molar-refractivity contribution in [1.29, 1.82) is 0 Å². The molecule has 1 atom stereocenters. The molecule has 2 aromatic heterocycles. The largest absolute Gasteiger partial charge is 0.339 e. The van der Waals surface area contributed by atoms with Crippen LogP contribution in [-0.4, -0.2) is 43.8 Å². The summed E-state index contributed by atoms with van der Waals surface area (Å²) in [6.45, 7) is 7.65. The molecule has 2 amide bonds. The predicted molar refractivity (Wildman–Crippen MR) is 133 cm³/mol. The zero-order valence-corrected chi connectivity index (χ0v) is 20.9. The van der Waals surface area contributed by atoms with Gasteiger partial charge in [0.25, 0.3) is 5.91 Å². The van der Waals surface area contributed by atoms with Gasteiger partial charge in [-0.3, -0.25) is 19.4 Å². The number of H-pyrrole nitrogens is 1. The Kier molecular flexibility index (Phi) is 7.23. The van der Waals surface area contributed by atoms with E-state index < -0.39 is 29.7 Å². The zero-order chi connectivity index (χ0) is 26.0. The second-order valence-corrected chi connectivity index (χ2v) is 9.77. The summed E-state index contributed by atoms with van der Waals surface area (Å²) in [5.41, 5.74) is 4.65. The fourth-order valence-electron chi connectivity index (χ4n) is 4.83. The SMILES string of the molecule is Cc1n[nH]c(C)c1-c1ccc(NC(=O)C(NC(=O)c2ccnn2C(C)C)C2CCC(F)(F)CC2)cc1. The van der Waals surface area contributed by atoms with E-state index in [1.54, 1.807) is 22.9 Å². The smallest absolute Gasteiger partial charge is 0.270 e. The van der Waals surface area contributed by atoms with Gasteiger partial charge in [0.05, 0.1) is 5.69 Å². The van der Waals surface area contributed by atoms with Crippen LogP contribution in [0.15, 0.2) is 36.5 Å². The fraction of sp³-hybridized carbons (Fsp3) is 0.462. The van der Waals surface area contributed by atoms with Crippen LogP contribution in [0.2, 0.25) is 0 Å². The van der Waals surface area contributed by atoms with Crippen molar-refractivity contribution in [3.8, 4) is 11.1 Å². The van der Waals surface area contributed by atoms with Gasteiger partial charge in [-0.2, -0.15) is 10.2 Å². The third-order valence-corrected chi connectivity index (χ3v) is 6.76. The number of benzene rings is 1. The summed E-state index contributed by atoms with van der Waals surface area (Å²) in [6.07, 6.45) is 1.20. The zero-order valence-electron chi connectivity index (χ0n) is 20.9. The maximum absolute atomic E-state index is 13.8. The Morgan fingerprint density at radius 2 is 1.78 bits per heavy atom. The predicted octanol–water partition coefficient (Wildman–Crippen LogP) is 5.03. The molecule has 3 N–H and O–H groups in total. The molecule has 8 nitrogen and oxygen atoms in total. The minimum Gasteiger partial charge on any atom is -0.339 e. The van der Waals surface area contributed by atoms with Crippen molar-refractivity contribution in [2.24, 2.45) is 5.92 Å². The molecule has 4 rings (SSSR count). The molecule has 1 aromatic carbocycles. The summed E-state index contributed by atoms with van der Waals surface area (Å²) < 4.78 is 29.2. The van der Waals surface area contributed by atoms with Crippen LogP contribution >= 0.6 is 0 Å². The number of halogens is 2. The van der Waals surface area contributed by atoms with E-state index in [-0.39, 0.29) is 31.7 Å². The normalized spacial score (nSPS) is 16.6. The lowest BCUT2D eigenvalue weighted by Gasteiger charge is -2.33. The van der Waals surface area contributed by atoms with Crippen LogP contribution in [0.1, 0.15) is 67.4 Å². The number of rotatable bonds is 7. The number of amides is 2. The van der Waals surface area contributed by atoms with Crippen molar-refractivity contribution in [2.75, 3.05) is 5.32 Å². The molecule has 1 aliphatic rings. The van der Waals surface area contributed by atoms with E-state index in [4.69, 9.17) is 0 Å². The first-order valence-corrected chi connectivity index (χ1v) is 12.2. The van der Waals surface area contributed by atoms with Gasteiger partial charge in [-0.15, -0.1) is 0 Å². The van der Waals surface area contributed by atoms with E-state index in [1.165, 1.54) is 6.20 Å². The van der Waals surface area contributed by atoms with Crippen LogP contribution in [-0.2, 0) is 4.79 Å². The average Bonchev–Trinajstić information content (AvgIpc) is 3.45. The van der Waals surface area contributed by atoms with Crippen molar-refractivity contribution in [3.63, 3.8) is 0 Å². The number of nitrogens with one attached hydrogen (secondary N) is 3. The molecule has 1 aliphatic carbocycles. The summed E-state index contributed by atoms with van der Waals surface area (Å²) in [5.74, 6) is -4.03. The molecule has 10 heteroatoms. The summed E-state index contributed by atoms with van der Waals surface area (Å²) in [6, 6.07) is 7.90. The summed E-state index contributed by atoms with van der Waals surface area (Å²) in [4.78, 5) is 26.5. The van der Waals surface area contributed by atoms with E-state index in [9.17, 15) is 18.4 Å². The number of anilines is 1. The number of hydrogen-bond donors (Lipinski definition) is 3. The van der Waals surface area contributed by atoms with E-state index in [1.807, 2.05) is 39.8 Å². The number of hydrogen-bond acceptors (Lipinski definition) is 4. The van der Waals surface area contributed by atoms with Gasteiger partial charge in [0.15, 0.2) is 0 Å². The first kappa shape index (κ1) is 25.5. The average molecular weight is 499 g/mol. The third-order valence-electron chi connectivity index (χ3n) is 6.76. The minimum absolute atomic E-state index is 0.0533. The van der Waals surface area contributed by atoms with Crippen molar-refractivity contribution < 1.29 is 18.4 Å². The van der Waals surface area contributed by atoms with Crippen LogP contribution in [0.3, 0.4) is 0 Å². The monoisotopic (exact) mass is 498 g/mol. The number of aromatic amines is 1. The van der Waals surface area contributed by atoms with Crippen molar-refractivity contribution in [1.82, 2.24) is 25.3 Å². The molecule has 2 heterocycles. The molecule has 3 aromatic rings. The highest BCUT2D eigenvalue weighted by Gasteiger charge is 2.40. The van der Waals surface area contributed by atoms with Crippen LogP contribution in [0.4, 0.5) is 14.5 Å². The Morgan fingerprint density at radius 1 is 1.11 bits per heavy atom. The second-order valence-electron chi connectivity index (χ2n) is 9.77. The number of carbonyl (C=O) groups excluding carboxylic acids is 2. The third kappa shape index (κ3) is 5.47. The van der Waals surface area contributed by atoms with Crippen molar-refractivity contribution in [3.05, 3.63) is 53.6 Å². The quantitative estimate of drug-likeness (QED) is 0.425. The van der Waals surface area contributed by atoms with Gasteiger partial charge < -0.3 is 10.6 Å². The van der Waals surface area contributed by atoms with Gasteiger partial charge in [-0.05, 0) is 70.2 Å². The first-order chi connectivity index (χ1) is 17.1. The summed E-state index contributed by atoms with van der Waals surface area (Å²) in [5, 5.41) is 17.0. The lowest BCUT2D eigenvalue weighted by Crippen LogP contribution is -2.50. The van der Waals surface area contributed by atoms with E-state index in [0.29, 0.717) is 11.4 Å². The van der Waals surface area contributed by atoms with Crippen LogP contribution < -0.4 is 10.6 Å². The van der Waals surface area contributed by atoms with Crippen LogP contribution in [0.25, 0.3) is 11.1 Å². The van der Waals surface area contributed by atoms with Gasteiger partial charge >= 0.3 is 0 Å². The summed E-state index contributed by atoms with van der Waals surface area (Å²) >= 11 is 0. The molecular weight excluding hydrogens is 466 g/mol. The molecular formula is C26H32F2N6O2. The van der Waals surface area contributed by atoms with Gasteiger partial charge in [-0.1, -0.05) is 12.1 Å². The molecule has 0 radical (unpaired) electrons. The van der Waals surface area contributed by atoms with E-state index >= 15 is 0 Å². The second kappa shape index (κ2) is 10.2. The Hall–Kier alpha value is -3.56. The molecule has 0 saturated heterocycles. The number of aromatic nitrogens is 4. The van der Waals surface area contributed by atoms with Gasteiger partial charge in [0.1, 0.15) is 11.7 Å². The molecule has 192 valence electrons. The lowest BCUT2D eigenvalue weighted by atomic mass is 9.81. The highest BCUT2D eigenvalue weighted by Crippen LogP contribution is 2.38. The number of alkyl halides is 2. The van der Waals surface area contributed by atoms with Crippen molar-refractivity contribution >= 4 is 17.5 Å². The minimum atomic E-state index is -2.74. The Morgan fingerprint density at radius 3 is 2.36 bits per heavy atom.